The number of nitrogens with zero attached hydrogens (tertiary/aromatic N) is 1. The fourth-order valence-corrected chi connectivity index (χ4v) is 4.44. The summed E-state index contributed by atoms with van der Waals surface area (Å²) < 4.78 is 33.1. The maximum atomic E-state index is 13.2. The number of amides is 1. The van der Waals surface area contributed by atoms with Gasteiger partial charge in [0.2, 0.25) is 0 Å². The van der Waals surface area contributed by atoms with Crippen LogP contribution in [-0.4, -0.2) is 28.0 Å². The van der Waals surface area contributed by atoms with Crippen molar-refractivity contribution in [3.05, 3.63) is 84.4 Å². The summed E-state index contributed by atoms with van der Waals surface area (Å²) in [5.74, 6) is 0.0184. The van der Waals surface area contributed by atoms with Gasteiger partial charge in [-0.15, -0.1) is 0 Å². The van der Waals surface area contributed by atoms with E-state index in [-0.39, 0.29) is 23.0 Å². The molecule has 150 valence electrons. The lowest BCUT2D eigenvalue weighted by Crippen LogP contribution is -2.30. The number of nitrogens with one attached hydrogen (secondary N) is 1. The van der Waals surface area contributed by atoms with Crippen molar-refractivity contribution in [2.45, 2.75) is 11.8 Å². The molecule has 0 spiro atoms. The molecule has 0 saturated carbocycles. The Morgan fingerprint density at radius 2 is 1.59 bits per heavy atom. The Balaban J connectivity index is 1.98. The van der Waals surface area contributed by atoms with E-state index < -0.39 is 10.0 Å². The number of methoxy groups -OCH3 is 1. The van der Waals surface area contributed by atoms with Crippen LogP contribution in [0.15, 0.2) is 83.8 Å². The van der Waals surface area contributed by atoms with Gasteiger partial charge in [0.15, 0.2) is 0 Å². The smallest absolute Gasteiger partial charge is 0.264 e. The summed E-state index contributed by atoms with van der Waals surface area (Å²) in [5, 5.41) is 2.74. The molecule has 1 N–H and O–H groups in total. The quantitative estimate of drug-likeness (QED) is 0.635. The Hall–Kier alpha value is -3.32. The number of benzene rings is 3. The van der Waals surface area contributed by atoms with Crippen LogP contribution in [0.5, 0.6) is 5.75 Å². The highest BCUT2D eigenvalue weighted by Gasteiger charge is 2.25. The van der Waals surface area contributed by atoms with Crippen molar-refractivity contribution in [3.63, 3.8) is 0 Å². The van der Waals surface area contributed by atoms with E-state index in [0.717, 1.165) is 0 Å². The molecule has 0 aliphatic rings. The van der Waals surface area contributed by atoms with Gasteiger partial charge in [-0.25, -0.2) is 8.42 Å². The third-order valence-electron chi connectivity index (χ3n) is 4.37. The van der Waals surface area contributed by atoms with Crippen LogP contribution >= 0.6 is 0 Å². The molecule has 0 unspecified atom stereocenters. The summed E-state index contributed by atoms with van der Waals surface area (Å²) in [6, 6.07) is 22.0. The lowest BCUT2D eigenvalue weighted by Gasteiger charge is -2.23. The summed E-state index contributed by atoms with van der Waals surface area (Å²) in [6.45, 7) is 2.04. The Bertz CT molecular complexity index is 1080. The molecular formula is C22H22N2O4S. The van der Waals surface area contributed by atoms with E-state index in [0.29, 0.717) is 17.0 Å². The minimum atomic E-state index is -3.83. The molecule has 0 aromatic heterocycles. The van der Waals surface area contributed by atoms with E-state index in [1.54, 1.807) is 55.5 Å². The van der Waals surface area contributed by atoms with Crippen molar-refractivity contribution in [3.8, 4) is 5.75 Å². The van der Waals surface area contributed by atoms with Gasteiger partial charge in [0.1, 0.15) is 5.75 Å². The molecule has 3 aromatic rings. The van der Waals surface area contributed by atoms with Crippen LogP contribution in [-0.2, 0) is 10.0 Å². The lowest BCUT2D eigenvalue weighted by molar-refractivity contribution is 0.102. The molecule has 3 rings (SSSR count). The maximum absolute atomic E-state index is 13.2. The molecule has 6 nitrogen and oxygen atoms in total. The predicted octanol–water partition coefficient (Wildman–Crippen LogP) is 4.16. The van der Waals surface area contributed by atoms with Crippen LogP contribution in [0, 0.1) is 0 Å². The largest absolute Gasteiger partial charge is 0.495 e. The van der Waals surface area contributed by atoms with Gasteiger partial charge in [-0.2, -0.15) is 0 Å². The fourth-order valence-electron chi connectivity index (χ4n) is 2.94. The van der Waals surface area contributed by atoms with Crippen molar-refractivity contribution in [1.29, 1.82) is 0 Å². The Morgan fingerprint density at radius 3 is 2.17 bits per heavy atom. The number of para-hydroxylation sites is 1. The van der Waals surface area contributed by atoms with Gasteiger partial charge in [-0.05, 0) is 49.4 Å². The summed E-state index contributed by atoms with van der Waals surface area (Å²) >= 11 is 0. The molecule has 29 heavy (non-hydrogen) atoms. The summed E-state index contributed by atoms with van der Waals surface area (Å²) in [6.07, 6.45) is 0. The first-order chi connectivity index (χ1) is 14.0. The van der Waals surface area contributed by atoms with E-state index in [9.17, 15) is 13.2 Å². The van der Waals surface area contributed by atoms with Crippen molar-refractivity contribution < 1.29 is 17.9 Å². The van der Waals surface area contributed by atoms with Crippen LogP contribution in [0.2, 0.25) is 0 Å². The zero-order valence-corrected chi connectivity index (χ0v) is 17.0. The summed E-state index contributed by atoms with van der Waals surface area (Å²) in [5.41, 5.74) is 1.31. The minimum Gasteiger partial charge on any atom is -0.495 e. The minimum absolute atomic E-state index is 0.0624. The highest BCUT2D eigenvalue weighted by molar-refractivity contribution is 7.92. The molecule has 0 aliphatic heterocycles. The van der Waals surface area contributed by atoms with E-state index in [4.69, 9.17) is 4.74 Å². The molecule has 0 atom stereocenters. The number of carbonyl (C=O) groups excluding carboxylic acids is 1. The Kier molecular flexibility index (Phi) is 6.19. The number of anilines is 2. The molecule has 0 saturated heterocycles. The highest BCUT2D eigenvalue weighted by atomic mass is 32.2. The highest BCUT2D eigenvalue weighted by Crippen LogP contribution is 2.31. The van der Waals surface area contributed by atoms with Crippen LogP contribution in [0.3, 0.4) is 0 Å². The molecule has 0 fully saturated rings. The van der Waals surface area contributed by atoms with E-state index in [1.165, 1.54) is 29.6 Å². The van der Waals surface area contributed by atoms with Gasteiger partial charge in [-0.3, -0.25) is 9.10 Å². The van der Waals surface area contributed by atoms with Crippen molar-refractivity contribution in [2.24, 2.45) is 0 Å². The molecule has 0 aliphatic carbocycles. The van der Waals surface area contributed by atoms with Crippen LogP contribution in [0.25, 0.3) is 0 Å². The van der Waals surface area contributed by atoms with Gasteiger partial charge >= 0.3 is 0 Å². The van der Waals surface area contributed by atoms with Crippen LogP contribution in [0.1, 0.15) is 17.3 Å². The molecule has 1 amide bonds. The van der Waals surface area contributed by atoms with E-state index in [1.807, 2.05) is 12.1 Å². The number of sulfonamides is 1. The number of hydrogen-bond donors (Lipinski definition) is 1. The molecule has 3 aromatic carbocycles. The first-order valence-electron chi connectivity index (χ1n) is 9.09. The third kappa shape index (κ3) is 4.41. The van der Waals surface area contributed by atoms with Crippen LogP contribution < -0.4 is 14.4 Å². The van der Waals surface area contributed by atoms with Gasteiger partial charge in [0, 0.05) is 12.1 Å². The molecule has 0 heterocycles. The van der Waals surface area contributed by atoms with Gasteiger partial charge in [-0.1, -0.05) is 36.4 Å². The lowest BCUT2D eigenvalue weighted by atomic mass is 10.2. The van der Waals surface area contributed by atoms with Crippen LogP contribution in [0.4, 0.5) is 11.4 Å². The second-order valence-corrected chi connectivity index (χ2v) is 8.05. The predicted molar refractivity (Wildman–Crippen MR) is 114 cm³/mol. The zero-order chi connectivity index (χ0) is 20.9. The first-order valence-corrected chi connectivity index (χ1v) is 10.5. The fraction of sp³-hybridized carbons (Fsp3) is 0.136. The number of carbonyl (C=O) groups is 1. The monoisotopic (exact) mass is 410 g/mol. The average molecular weight is 410 g/mol. The molecule has 0 bridgehead atoms. The molecule has 7 heteroatoms. The summed E-state index contributed by atoms with van der Waals surface area (Å²) in [4.78, 5) is 12.6. The first kappa shape index (κ1) is 20.4. The second kappa shape index (κ2) is 8.79. The Labute approximate surface area is 170 Å². The third-order valence-corrected chi connectivity index (χ3v) is 6.27. The van der Waals surface area contributed by atoms with Crippen molar-refractivity contribution in [1.82, 2.24) is 0 Å². The van der Waals surface area contributed by atoms with E-state index in [2.05, 4.69) is 5.32 Å². The number of hydrogen-bond acceptors (Lipinski definition) is 4. The molecular weight excluding hydrogens is 388 g/mol. The normalized spacial score (nSPS) is 11.0. The van der Waals surface area contributed by atoms with Gasteiger partial charge in [0.25, 0.3) is 15.9 Å². The van der Waals surface area contributed by atoms with E-state index >= 15 is 0 Å². The average Bonchev–Trinajstić information content (AvgIpc) is 2.75. The van der Waals surface area contributed by atoms with Gasteiger partial charge in [0.05, 0.1) is 23.4 Å². The molecule has 0 radical (unpaired) electrons. The van der Waals surface area contributed by atoms with Gasteiger partial charge < -0.3 is 10.1 Å². The Morgan fingerprint density at radius 1 is 0.966 bits per heavy atom. The number of ether oxygens (including phenoxy) is 1. The standard InChI is InChI=1S/C22H22N2O4S/c1-3-24(18-12-8-5-9-13-18)29(26,27)19-14-15-21(28-2)20(16-19)23-22(25)17-10-6-4-7-11-17/h4-16H,3H2,1-2H3,(H,23,25). The SMILES string of the molecule is CCN(c1ccccc1)S(=O)(=O)c1ccc(OC)c(NC(=O)c2ccccc2)c1. The van der Waals surface area contributed by atoms with Crippen molar-refractivity contribution >= 4 is 27.3 Å². The topological polar surface area (TPSA) is 75.7 Å². The summed E-state index contributed by atoms with van der Waals surface area (Å²) in [7, 11) is -2.36. The second-order valence-electron chi connectivity index (χ2n) is 6.19. The number of rotatable bonds is 7. The maximum Gasteiger partial charge on any atom is 0.264 e. The zero-order valence-electron chi connectivity index (χ0n) is 16.2. The van der Waals surface area contributed by atoms with Crippen molar-refractivity contribution in [2.75, 3.05) is 23.3 Å².